The number of aromatic nitrogens is 2. The second kappa shape index (κ2) is 6.73. The summed E-state index contributed by atoms with van der Waals surface area (Å²) in [6.45, 7) is 3.55. The first-order valence-corrected chi connectivity index (χ1v) is 7.01. The van der Waals surface area contributed by atoms with Crippen LogP contribution in [0.2, 0.25) is 0 Å². The van der Waals surface area contributed by atoms with E-state index in [2.05, 4.69) is 20.8 Å². The largest absolute Gasteiger partial charge is 0.416 e. The van der Waals surface area contributed by atoms with Crippen LogP contribution < -0.4 is 10.6 Å². The molecule has 1 aromatic carbocycles. The lowest BCUT2D eigenvalue weighted by Crippen LogP contribution is -2.31. The van der Waals surface area contributed by atoms with Crippen molar-refractivity contribution in [2.45, 2.75) is 26.1 Å². The Hall–Kier alpha value is -2.84. The van der Waals surface area contributed by atoms with Crippen LogP contribution >= 0.6 is 0 Å². The number of carbonyl (C=O) groups is 2. The van der Waals surface area contributed by atoms with Crippen molar-refractivity contribution in [1.82, 2.24) is 15.5 Å². The summed E-state index contributed by atoms with van der Waals surface area (Å²) in [7, 11) is 0. The number of H-pyrrole nitrogens is 1. The first-order valence-electron chi connectivity index (χ1n) is 7.01. The number of nitrogens with one attached hydrogen (secondary N) is 3. The van der Waals surface area contributed by atoms with Gasteiger partial charge in [0.05, 0.1) is 17.4 Å². The van der Waals surface area contributed by atoms with Crippen LogP contribution in [0.25, 0.3) is 0 Å². The fourth-order valence-electron chi connectivity index (χ4n) is 1.89. The SMILES string of the molecule is CC(C)NC(=O)c1[nH]ncc1NC(=O)c1ccc(C(F)(F)F)cc1. The standard InChI is InChI=1S/C15H15F3N4O2/c1-8(2)20-14(24)12-11(7-19-22-12)21-13(23)9-3-5-10(6-4-9)15(16,17)18/h3-8H,1-2H3,(H,19,22)(H,20,24)(H,21,23). The number of alkyl halides is 3. The molecule has 3 N–H and O–H groups in total. The predicted octanol–water partition coefficient (Wildman–Crippen LogP) is 2.82. The third-order valence-electron chi connectivity index (χ3n) is 3.01. The average molecular weight is 340 g/mol. The summed E-state index contributed by atoms with van der Waals surface area (Å²) in [6.07, 6.45) is -3.22. The molecule has 0 unspecified atom stereocenters. The summed E-state index contributed by atoms with van der Waals surface area (Å²) in [5.74, 6) is -1.10. The zero-order chi connectivity index (χ0) is 17.9. The zero-order valence-electron chi connectivity index (χ0n) is 12.9. The van der Waals surface area contributed by atoms with Crippen molar-refractivity contribution in [1.29, 1.82) is 0 Å². The molecule has 0 fully saturated rings. The molecule has 9 heteroatoms. The molecule has 0 radical (unpaired) electrons. The van der Waals surface area contributed by atoms with Crippen LogP contribution in [-0.4, -0.2) is 28.1 Å². The second-order valence-corrected chi connectivity index (χ2v) is 5.32. The molecule has 2 rings (SSSR count). The molecule has 0 saturated heterocycles. The maximum Gasteiger partial charge on any atom is 0.416 e. The van der Waals surface area contributed by atoms with Crippen LogP contribution in [0.5, 0.6) is 0 Å². The molecule has 0 aliphatic heterocycles. The van der Waals surface area contributed by atoms with Gasteiger partial charge in [0.25, 0.3) is 11.8 Å². The third kappa shape index (κ3) is 4.12. The highest BCUT2D eigenvalue weighted by Crippen LogP contribution is 2.29. The van der Waals surface area contributed by atoms with Gasteiger partial charge in [-0.3, -0.25) is 14.7 Å². The van der Waals surface area contributed by atoms with Gasteiger partial charge in [0.15, 0.2) is 0 Å². The zero-order valence-corrected chi connectivity index (χ0v) is 12.9. The van der Waals surface area contributed by atoms with Gasteiger partial charge in [0.2, 0.25) is 0 Å². The number of aromatic amines is 1. The first kappa shape index (κ1) is 17.5. The minimum absolute atomic E-state index is 0.0272. The van der Waals surface area contributed by atoms with Gasteiger partial charge in [-0.1, -0.05) is 0 Å². The predicted molar refractivity (Wildman–Crippen MR) is 80.6 cm³/mol. The smallest absolute Gasteiger partial charge is 0.348 e. The van der Waals surface area contributed by atoms with Gasteiger partial charge in [0.1, 0.15) is 5.69 Å². The van der Waals surface area contributed by atoms with E-state index in [1.807, 2.05) is 0 Å². The Kier molecular flexibility index (Phi) is 4.91. The quantitative estimate of drug-likeness (QED) is 0.800. The van der Waals surface area contributed by atoms with Gasteiger partial charge >= 0.3 is 6.18 Å². The maximum absolute atomic E-state index is 12.5. The number of benzene rings is 1. The Bertz CT molecular complexity index is 736. The number of nitrogens with zero attached hydrogens (tertiary/aromatic N) is 1. The lowest BCUT2D eigenvalue weighted by Gasteiger charge is -2.10. The van der Waals surface area contributed by atoms with Crippen LogP contribution in [0.4, 0.5) is 18.9 Å². The van der Waals surface area contributed by atoms with E-state index in [4.69, 9.17) is 0 Å². The van der Waals surface area contributed by atoms with Crippen molar-refractivity contribution in [2.24, 2.45) is 0 Å². The van der Waals surface area contributed by atoms with Crippen LogP contribution in [0.3, 0.4) is 0 Å². The summed E-state index contributed by atoms with van der Waals surface area (Å²) in [4.78, 5) is 24.1. The molecule has 1 heterocycles. The number of rotatable bonds is 4. The first-order chi connectivity index (χ1) is 11.2. The van der Waals surface area contributed by atoms with Crippen LogP contribution in [0, 0.1) is 0 Å². The molecular formula is C15H15F3N4O2. The molecule has 0 bridgehead atoms. The van der Waals surface area contributed by atoms with Gasteiger partial charge in [-0.05, 0) is 38.1 Å². The van der Waals surface area contributed by atoms with E-state index in [1.54, 1.807) is 13.8 Å². The molecule has 2 aromatic rings. The molecule has 0 saturated carbocycles. The van der Waals surface area contributed by atoms with Crippen molar-refractivity contribution < 1.29 is 22.8 Å². The van der Waals surface area contributed by atoms with Gasteiger partial charge in [-0.25, -0.2) is 0 Å². The van der Waals surface area contributed by atoms with Crippen LogP contribution in [0.15, 0.2) is 30.5 Å². The van der Waals surface area contributed by atoms with Crippen molar-refractivity contribution in [3.8, 4) is 0 Å². The Morgan fingerprint density at radius 1 is 1.12 bits per heavy atom. The Labute approximate surface area is 135 Å². The van der Waals surface area contributed by atoms with Gasteiger partial charge in [-0.2, -0.15) is 18.3 Å². The highest BCUT2D eigenvalue weighted by atomic mass is 19.4. The molecule has 1 aromatic heterocycles. The van der Waals surface area contributed by atoms with E-state index >= 15 is 0 Å². The number of amides is 2. The Morgan fingerprint density at radius 2 is 1.75 bits per heavy atom. The lowest BCUT2D eigenvalue weighted by atomic mass is 10.1. The number of hydrogen-bond acceptors (Lipinski definition) is 3. The van der Waals surface area contributed by atoms with Crippen molar-refractivity contribution in [3.05, 3.63) is 47.3 Å². The fraction of sp³-hybridized carbons (Fsp3) is 0.267. The van der Waals surface area contributed by atoms with E-state index in [0.29, 0.717) is 0 Å². The van der Waals surface area contributed by atoms with Gasteiger partial charge in [-0.15, -0.1) is 0 Å². The summed E-state index contributed by atoms with van der Waals surface area (Å²) >= 11 is 0. The van der Waals surface area contributed by atoms with E-state index in [-0.39, 0.29) is 23.0 Å². The molecule has 0 atom stereocenters. The highest BCUT2D eigenvalue weighted by Gasteiger charge is 2.30. The van der Waals surface area contributed by atoms with Gasteiger partial charge < -0.3 is 10.6 Å². The number of carbonyl (C=O) groups excluding carboxylic acids is 2. The number of anilines is 1. The third-order valence-corrected chi connectivity index (χ3v) is 3.01. The second-order valence-electron chi connectivity index (χ2n) is 5.32. The summed E-state index contributed by atoms with van der Waals surface area (Å²) in [5, 5.41) is 11.2. The lowest BCUT2D eigenvalue weighted by molar-refractivity contribution is -0.137. The summed E-state index contributed by atoms with van der Waals surface area (Å²) in [6, 6.07) is 3.64. The molecule has 2 amide bonds. The van der Waals surface area contributed by atoms with E-state index in [1.165, 1.54) is 6.20 Å². The molecule has 24 heavy (non-hydrogen) atoms. The molecule has 128 valence electrons. The fourth-order valence-corrected chi connectivity index (χ4v) is 1.89. The van der Waals surface area contributed by atoms with Crippen LogP contribution in [-0.2, 0) is 6.18 Å². The van der Waals surface area contributed by atoms with Crippen LogP contribution in [0.1, 0.15) is 40.3 Å². The van der Waals surface area contributed by atoms with E-state index < -0.39 is 23.6 Å². The minimum atomic E-state index is -4.47. The number of hydrogen-bond donors (Lipinski definition) is 3. The highest BCUT2D eigenvalue weighted by molar-refractivity contribution is 6.08. The Balaban J connectivity index is 2.13. The van der Waals surface area contributed by atoms with Crippen molar-refractivity contribution >= 4 is 17.5 Å². The Morgan fingerprint density at radius 3 is 2.29 bits per heavy atom. The van der Waals surface area contributed by atoms with E-state index in [9.17, 15) is 22.8 Å². The molecule has 0 spiro atoms. The summed E-state index contributed by atoms with van der Waals surface area (Å²) < 4.78 is 37.5. The van der Waals surface area contributed by atoms with E-state index in [0.717, 1.165) is 24.3 Å². The molecule has 0 aliphatic rings. The average Bonchev–Trinajstić information content (AvgIpc) is 2.94. The monoisotopic (exact) mass is 340 g/mol. The number of halogens is 3. The molecule has 0 aliphatic carbocycles. The summed E-state index contributed by atoms with van der Waals surface area (Å²) in [5.41, 5.74) is -0.624. The maximum atomic E-state index is 12.5. The molecular weight excluding hydrogens is 325 g/mol. The molecule has 6 nitrogen and oxygen atoms in total. The minimum Gasteiger partial charge on any atom is -0.348 e. The van der Waals surface area contributed by atoms with Crippen molar-refractivity contribution in [2.75, 3.05) is 5.32 Å². The normalized spacial score (nSPS) is 11.4. The van der Waals surface area contributed by atoms with Gasteiger partial charge in [0, 0.05) is 11.6 Å². The topological polar surface area (TPSA) is 86.9 Å². The van der Waals surface area contributed by atoms with Crippen molar-refractivity contribution in [3.63, 3.8) is 0 Å².